The average Bonchev–Trinajstić information content (AvgIpc) is 2.95. The zero-order chi connectivity index (χ0) is 16.4. The van der Waals surface area contributed by atoms with Gasteiger partial charge in [-0.15, -0.1) is 11.3 Å². The highest BCUT2D eigenvalue weighted by molar-refractivity contribution is 7.14. The molecule has 2 N–H and O–H groups in total. The largest absolute Gasteiger partial charge is 0.478 e. The van der Waals surface area contributed by atoms with E-state index in [1.54, 1.807) is 19.1 Å². The van der Waals surface area contributed by atoms with Crippen molar-refractivity contribution in [2.24, 2.45) is 0 Å². The van der Waals surface area contributed by atoms with E-state index in [2.05, 4.69) is 15.3 Å². The Morgan fingerprint density at radius 3 is 2.70 bits per heavy atom. The van der Waals surface area contributed by atoms with Crippen molar-refractivity contribution in [1.29, 1.82) is 0 Å². The summed E-state index contributed by atoms with van der Waals surface area (Å²) in [6.45, 7) is 3.72. The summed E-state index contributed by atoms with van der Waals surface area (Å²) >= 11 is 1.48. The molecule has 0 amide bonds. The number of anilines is 2. The number of rotatable bonds is 4. The minimum Gasteiger partial charge on any atom is -0.478 e. The molecule has 3 rings (SSSR count). The van der Waals surface area contributed by atoms with Gasteiger partial charge in [-0.25, -0.2) is 14.8 Å². The second kappa shape index (κ2) is 6.18. The van der Waals surface area contributed by atoms with Gasteiger partial charge in [-0.1, -0.05) is 12.1 Å². The van der Waals surface area contributed by atoms with Gasteiger partial charge >= 0.3 is 5.97 Å². The molecule has 0 atom stereocenters. The standard InChI is InChI=1S/C17H15N3O2S/c1-10-8-12(6-7-13(10)16(21)22)14-9-23-17(19-14)20-15-5-3-4-11(2)18-15/h3-9H,1-2H3,(H,21,22)(H,18,19,20). The van der Waals surface area contributed by atoms with Crippen LogP contribution in [0.2, 0.25) is 0 Å². The van der Waals surface area contributed by atoms with Gasteiger partial charge in [0.25, 0.3) is 0 Å². The van der Waals surface area contributed by atoms with Gasteiger partial charge in [-0.05, 0) is 43.7 Å². The molecule has 23 heavy (non-hydrogen) atoms. The first-order chi connectivity index (χ1) is 11.0. The number of aromatic carboxylic acids is 1. The number of hydrogen-bond acceptors (Lipinski definition) is 5. The fourth-order valence-corrected chi connectivity index (χ4v) is 2.98. The number of carboxylic acids is 1. The summed E-state index contributed by atoms with van der Waals surface area (Å²) in [5, 5.41) is 15.0. The summed E-state index contributed by atoms with van der Waals surface area (Å²) in [4.78, 5) is 20.0. The lowest BCUT2D eigenvalue weighted by molar-refractivity contribution is 0.0696. The van der Waals surface area contributed by atoms with Crippen molar-refractivity contribution < 1.29 is 9.90 Å². The first-order valence-corrected chi connectivity index (χ1v) is 7.91. The van der Waals surface area contributed by atoms with Crippen LogP contribution in [0.3, 0.4) is 0 Å². The molecule has 0 aliphatic heterocycles. The lowest BCUT2D eigenvalue weighted by atomic mass is 10.0. The SMILES string of the molecule is Cc1cccc(Nc2nc(-c3ccc(C(=O)O)c(C)c3)cs2)n1. The summed E-state index contributed by atoms with van der Waals surface area (Å²) < 4.78 is 0. The topological polar surface area (TPSA) is 75.1 Å². The molecule has 3 aromatic rings. The Hall–Kier alpha value is -2.73. The summed E-state index contributed by atoms with van der Waals surface area (Å²) in [6.07, 6.45) is 0. The van der Waals surface area contributed by atoms with Crippen LogP contribution in [0.15, 0.2) is 41.8 Å². The molecule has 0 fully saturated rings. The molecular formula is C17H15N3O2S. The number of pyridine rings is 1. The van der Waals surface area contributed by atoms with Crippen LogP contribution in [-0.4, -0.2) is 21.0 Å². The van der Waals surface area contributed by atoms with E-state index in [1.807, 2.05) is 36.6 Å². The molecule has 2 heterocycles. The molecule has 0 unspecified atom stereocenters. The highest BCUT2D eigenvalue weighted by Crippen LogP contribution is 2.28. The number of carboxylic acid groups (broad SMARTS) is 1. The molecule has 2 aromatic heterocycles. The third-order valence-corrected chi connectivity index (χ3v) is 4.14. The fourth-order valence-electron chi connectivity index (χ4n) is 2.25. The monoisotopic (exact) mass is 325 g/mol. The van der Waals surface area contributed by atoms with E-state index >= 15 is 0 Å². The Balaban J connectivity index is 1.84. The molecule has 1 aromatic carbocycles. The van der Waals surface area contributed by atoms with E-state index in [9.17, 15) is 4.79 Å². The van der Waals surface area contributed by atoms with E-state index in [4.69, 9.17) is 5.11 Å². The van der Waals surface area contributed by atoms with Crippen molar-refractivity contribution in [2.75, 3.05) is 5.32 Å². The molecule has 0 saturated carbocycles. The molecular weight excluding hydrogens is 310 g/mol. The van der Waals surface area contributed by atoms with Crippen LogP contribution in [0.4, 0.5) is 10.9 Å². The van der Waals surface area contributed by atoms with Gasteiger partial charge in [0.15, 0.2) is 5.13 Å². The molecule has 6 heteroatoms. The molecule has 0 bridgehead atoms. The van der Waals surface area contributed by atoms with Gasteiger partial charge in [0.1, 0.15) is 5.82 Å². The number of nitrogens with one attached hydrogen (secondary N) is 1. The van der Waals surface area contributed by atoms with E-state index < -0.39 is 5.97 Å². The lowest BCUT2D eigenvalue weighted by Gasteiger charge is -2.04. The number of aryl methyl sites for hydroxylation is 2. The Kier molecular flexibility index (Phi) is 4.08. The number of benzene rings is 1. The Bertz CT molecular complexity index is 874. The van der Waals surface area contributed by atoms with Crippen molar-refractivity contribution in [3.8, 4) is 11.3 Å². The van der Waals surface area contributed by atoms with Gasteiger partial charge < -0.3 is 10.4 Å². The minimum atomic E-state index is -0.916. The highest BCUT2D eigenvalue weighted by Gasteiger charge is 2.10. The second-order valence-electron chi connectivity index (χ2n) is 5.16. The van der Waals surface area contributed by atoms with Gasteiger partial charge in [0.2, 0.25) is 0 Å². The van der Waals surface area contributed by atoms with Gasteiger partial charge in [-0.3, -0.25) is 0 Å². The van der Waals surface area contributed by atoms with Crippen LogP contribution in [0.25, 0.3) is 11.3 Å². The van der Waals surface area contributed by atoms with Gasteiger partial charge in [0.05, 0.1) is 11.3 Å². The fraction of sp³-hybridized carbons (Fsp3) is 0.118. The van der Waals surface area contributed by atoms with E-state index in [0.717, 1.165) is 33.5 Å². The highest BCUT2D eigenvalue weighted by atomic mass is 32.1. The molecule has 5 nitrogen and oxygen atoms in total. The maximum atomic E-state index is 11.1. The average molecular weight is 325 g/mol. The van der Waals surface area contributed by atoms with Crippen LogP contribution in [0.5, 0.6) is 0 Å². The number of aromatic nitrogens is 2. The Morgan fingerprint density at radius 2 is 2.00 bits per heavy atom. The van der Waals surface area contributed by atoms with Gasteiger partial charge in [-0.2, -0.15) is 0 Å². The van der Waals surface area contributed by atoms with Crippen LogP contribution < -0.4 is 5.32 Å². The number of hydrogen-bond donors (Lipinski definition) is 2. The van der Waals surface area contributed by atoms with Crippen LogP contribution in [0.1, 0.15) is 21.6 Å². The Labute approximate surface area is 137 Å². The van der Waals surface area contributed by atoms with Crippen molar-refractivity contribution >= 4 is 28.3 Å². The smallest absolute Gasteiger partial charge is 0.335 e. The van der Waals surface area contributed by atoms with Crippen molar-refractivity contribution in [1.82, 2.24) is 9.97 Å². The minimum absolute atomic E-state index is 0.311. The molecule has 0 aliphatic carbocycles. The predicted molar refractivity (Wildman–Crippen MR) is 91.5 cm³/mol. The normalized spacial score (nSPS) is 10.5. The third-order valence-electron chi connectivity index (χ3n) is 3.38. The summed E-state index contributed by atoms with van der Waals surface area (Å²) in [5.74, 6) is -0.163. The van der Waals surface area contributed by atoms with Crippen LogP contribution in [-0.2, 0) is 0 Å². The zero-order valence-corrected chi connectivity index (χ0v) is 13.5. The number of carbonyl (C=O) groups is 1. The second-order valence-corrected chi connectivity index (χ2v) is 6.02. The molecule has 0 radical (unpaired) electrons. The number of nitrogens with zero attached hydrogens (tertiary/aromatic N) is 2. The molecule has 116 valence electrons. The summed E-state index contributed by atoms with van der Waals surface area (Å²) in [5.41, 5.74) is 3.68. The molecule has 0 aliphatic rings. The number of thiazole rings is 1. The third kappa shape index (κ3) is 3.37. The predicted octanol–water partition coefficient (Wildman–Crippen LogP) is 4.26. The Morgan fingerprint density at radius 1 is 1.17 bits per heavy atom. The van der Waals surface area contributed by atoms with Crippen LogP contribution in [0, 0.1) is 13.8 Å². The first-order valence-electron chi connectivity index (χ1n) is 7.03. The van der Waals surface area contributed by atoms with Crippen molar-refractivity contribution in [2.45, 2.75) is 13.8 Å². The van der Waals surface area contributed by atoms with Crippen molar-refractivity contribution in [3.63, 3.8) is 0 Å². The first kappa shape index (κ1) is 15.2. The van der Waals surface area contributed by atoms with Gasteiger partial charge in [0, 0.05) is 16.6 Å². The van der Waals surface area contributed by atoms with E-state index in [1.165, 1.54) is 11.3 Å². The summed E-state index contributed by atoms with van der Waals surface area (Å²) in [6, 6.07) is 11.0. The lowest BCUT2D eigenvalue weighted by Crippen LogP contribution is -1.99. The maximum absolute atomic E-state index is 11.1. The summed E-state index contributed by atoms with van der Waals surface area (Å²) in [7, 11) is 0. The van der Waals surface area contributed by atoms with E-state index in [-0.39, 0.29) is 0 Å². The van der Waals surface area contributed by atoms with E-state index in [0.29, 0.717) is 5.56 Å². The van der Waals surface area contributed by atoms with Crippen molar-refractivity contribution in [3.05, 3.63) is 58.6 Å². The van der Waals surface area contributed by atoms with Crippen LogP contribution >= 0.6 is 11.3 Å². The maximum Gasteiger partial charge on any atom is 0.335 e. The zero-order valence-electron chi connectivity index (χ0n) is 12.7. The molecule has 0 saturated heterocycles. The quantitative estimate of drug-likeness (QED) is 0.749. The molecule has 0 spiro atoms.